The van der Waals surface area contributed by atoms with Crippen molar-refractivity contribution in [2.24, 2.45) is 11.8 Å². The van der Waals surface area contributed by atoms with Crippen LogP contribution in [-0.4, -0.2) is 59.9 Å². The number of hydrogen-bond donors (Lipinski definition) is 1. The second-order valence-electron chi connectivity index (χ2n) is 9.31. The first-order valence-corrected chi connectivity index (χ1v) is 11.8. The number of amides is 2. The van der Waals surface area contributed by atoms with E-state index >= 15 is 0 Å². The number of carbonyl (C=O) groups is 2. The lowest BCUT2D eigenvalue weighted by molar-refractivity contribution is -0.134. The van der Waals surface area contributed by atoms with Crippen LogP contribution in [0.2, 0.25) is 0 Å². The number of rotatable bonds is 7. The third-order valence-electron chi connectivity index (χ3n) is 7.33. The summed E-state index contributed by atoms with van der Waals surface area (Å²) in [5.41, 5.74) is 1.29. The number of hydrogen-bond acceptors (Lipinski definition) is 3. The summed E-state index contributed by atoms with van der Waals surface area (Å²) in [7, 11) is 0. The molecule has 30 heavy (non-hydrogen) atoms. The monoisotopic (exact) mass is 413 g/mol. The molecule has 2 fully saturated rings. The Balaban J connectivity index is 1.38. The highest BCUT2D eigenvalue weighted by molar-refractivity contribution is 5.81. The van der Waals surface area contributed by atoms with Crippen molar-refractivity contribution in [3.05, 3.63) is 35.9 Å². The first kappa shape index (κ1) is 22.8. The Morgan fingerprint density at radius 3 is 2.47 bits per heavy atom. The standard InChI is InChI=1S/C25H39N3O2/c1-19-9-7-13-23(20(19)2)26-25(30)21(3)27-15-17-28(18-16-27)24(29)14-8-12-22-10-5-4-6-11-22/h4-6,10-11,19-21,23H,7-9,12-18H2,1-3H3,(H,26,30). The molecule has 2 aliphatic rings. The Morgan fingerprint density at radius 2 is 1.77 bits per heavy atom. The van der Waals surface area contributed by atoms with Gasteiger partial charge < -0.3 is 10.2 Å². The first-order valence-electron chi connectivity index (χ1n) is 11.8. The van der Waals surface area contributed by atoms with Gasteiger partial charge >= 0.3 is 0 Å². The number of nitrogens with zero attached hydrogens (tertiary/aromatic N) is 2. The minimum absolute atomic E-state index is 0.134. The van der Waals surface area contributed by atoms with E-state index in [1.807, 2.05) is 30.0 Å². The summed E-state index contributed by atoms with van der Waals surface area (Å²) < 4.78 is 0. The van der Waals surface area contributed by atoms with Crippen molar-refractivity contribution in [1.82, 2.24) is 15.1 Å². The molecule has 0 aromatic heterocycles. The molecule has 1 aromatic rings. The van der Waals surface area contributed by atoms with E-state index in [0.717, 1.165) is 45.4 Å². The smallest absolute Gasteiger partial charge is 0.237 e. The molecule has 5 nitrogen and oxygen atoms in total. The lowest BCUT2D eigenvalue weighted by atomic mass is 9.78. The number of benzene rings is 1. The highest BCUT2D eigenvalue weighted by Gasteiger charge is 2.32. The zero-order valence-corrected chi connectivity index (χ0v) is 19.0. The van der Waals surface area contributed by atoms with Crippen molar-refractivity contribution < 1.29 is 9.59 Å². The van der Waals surface area contributed by atoms with Gasteiger partial charge in [-0.3, -0.25) is 14.5 Å². The van der Waals surface area contributed by atoms with Crippen LogP contribution in [-0.2, 0) is 16.0 Å². The molecule has 0 bridgehead atoms. The Kier molecular flexibility index (Phi) is 8.32. The molecule has 4 atom stereocenters. The van der Waals surface area contributed by atoms with Gasteiger partial charge in [0.2, 0.25) is 11.8 Å². The van der Waals surface area contributed by atoms with Gasteiger partial charge in [0, 0.05) is 38.6 Å². The minimum atomic E-state index is -0.134. The summed E-state index contributed by atoms with van der Waals surface area (Å²) in [6, 6.07) is 10.5. The molecule has 5 heteroatoms. The van der Waals surface area contributed by atoms with E-state index in [2.05, 4.69) is 36.2 Å². The normalized spacial score (nSPS) is 26.2. The second-order valence-corrected chi connectivity index (χ2v) is 9.31. The number of piperazine rings is 1. The fraction of sp³-hybridized carbons (Fsp3) is 0.680. The van der Waals surface area contributed by atoms with Crippen molar-refractivity contribution in [3.63, 3.8) is 0 Å². The Labute approximate surface area is 182 Å². The number of carbonyl (C=O) groups excluding carboxylic acids is 2. The zero-order valence-electron chi connectivity index (χ0n) is 19.0. The fourth-order valence-corrected chi connectivity index (χ4v) is 4.86. The number of nitrogens with one attached hydrogen (secondary N) is 1. The molecule has 1 saturated carbocycles. The van der Waals surface area contributed by atoms with Gasteiger partial charge in [-0.2, -0.15) is 0 Å². The van der Waals surface area contributed by atoms with Crippen LogP contribution < -0.4 is 5.32 Å². The van der Waals surface area contributed by atoms with Crippen molar-refractivity contribution in [1.29, 1.82) is 0 Å². The van der Waals surface area contributed by atoms with E-state index in [-0.39, 0.29) is 17.9 Å². The van der Waals surface area contributed by atoms with Crippen molar-refractivity contribution in [3.8, 4) is 0 Å². The van der Waals surface area contributed by atoms with Gasteiger partial charge in [0.15, 0.2) is 0 Å². The van der Waals surface area contributed by atoms with E-state index in [1.165, 1.54) is 18.4 Å². The van der Waals surface area contributed by atoms with Gasteiger partial charge in [-0.25, -0.2) is 0 Å². The largest absolute Gasteiger partial charge is 0.352 e. The van der Waals surface area contributed by atoms with Crippen LogP contribution in [0.5, 0.6) is 0 Å². The highest BCUT2D eigenvalue weighted by Crippen LogP contribution is 2.29. The van der Waals surface area contributed by atoms with Crippen LogP contribution >= 0.6 is 0 Å². The van der Waals surface area contributed by atoms with Crippen LogP contribution in [0.1, 0.15) is 58.4 Å². The van der Waals surface area contributed by atoms with Crippen LogP contribution in [0, 0.1) is 11.8 Å². The maximum Gasteiger partial charge on any atom is 0.237 e. The summed E-state index contributed by atoms with van der Waals surface area (Å²) in [6.45, 7) is 9.55. The molecule has 1 N–H and O–H groups in total. The average Bonchev–Trinajstić information content (AvgIpc) is 2.77. The van der Waals surface area contributed by atoms with Gasteiger partial charge in [0.1, 0.15) is 0 Å². The molecule has 0 spiro atoms. The molecule has 166 valence electrons. The summed E-state index contributed by atoms with van der Waals surface area (Å²) >= 11 is 0. The SMILES string of the molecule is CC1CCCC(NC(=O)C(C)N2CCN(C(=O)CCCc3ccccc3)CC2)C1C. The molecule has 3 rings (SSSR count). The average molecular weight is 414 g/mol. The van der Waals surface area contributed by atoms with Gasteiger partial charge in [-0.1, -0.05) is 57.0 Å². The van der Waals surface area contributed by atoms with Crippen LogP contribution in [0.4, 0.5) is 0 Å². The lowest BCUT2D eigenvalue weighted by Gasteiger charge is -2.39. The van der Waals surface area contributed by atoms with Crippen molar-refractivity contribution in [2.45, 2.75) is 71.4 Å². The topological polar surface area (TPSA) is 52.7 Å². The third kappa shape index (κ3) is 6.07. The molecule has 2 amide bonds. The zero-order chi connectivity index (χ0) is 21.5. The Hall–Kier alpha value is -1.88. The molecule has 4 unspecified atom stereocenters. The molecule has 1 saturated heterocycles. The summed E-state index contributed by atoms with van der Waals surface area (Å²) in [5.74, 6) is 1.60. The molecule has 0 radical (unpaired) electrons. The highest BCUT2D eigenvalue weighted by atomic mass is 16.2. The van der Waals surface area contributed by atoms with Gasteiger partial charge in [-0.05, 0) is 43.6 Å². The van der Waals surface area contributed by atoms with E-state index in [0.29, 0.717) is 24.3 Å². The summed E-state index contributed by atoms with van der Waals surface area (Å²) in [4.78, 5) is 29.6. The Bertz CT molecular complexity index is 685. The second kappa shape index (κ2) is 10.9. The minimum Gasteiger partial charge on any atom is -0.352 e. The molecule has 1 aromatic carbocycles. The quantitative estimate of drug-likeness (QED) is 0.745. The van der Waals surface area contributed by atoms with Crippen LogP contribution in [0.25, 0.3) is 0 Å². The lowest BCUT2D eigenvalue weighted by Crippen LogP contribution is -2.56. The van der Waals surface area contributed by atoms with E-state index < -0.39 is 0 Å². The van der Waals surface area contributed by atoms with Gasteiger partial charge in [0.25, 0.3) is 0 Å². The Morgan fingerprint density at radius 1 is 1.07 bits per heavy atom. The fourth-order valence-electron chi connectivity index (χ4n) is 4.86. The molecule has 1 aliphatic carbocycles. The summed E-state index contributed by atoms with van der Waals surface area (Å²) in [5, 5.41) is 3.31. The predicted octanol–water partition coefficient (Wildman–Crippen LogP) is 3.48. The van der Waals surface area contributed by atoms with Gasteiger partial charge in [0.05, 0.1) is 6.04 Å². The van der Waals surface area contributed by atoms with Crippen molar-refractivity contribution >= 4 is 11.8 Å². The number of aryl methyl sites for hydroxylation is 1. The first-order chi connectivity index (χ1) is 14.5. The van der Waals surface area contributed by atoms with Gasteiger partial charge in [-0.15, -0.1) is 0 Å². The third-order valence-corrected chi connectivity index (χ3v) is 7.33. The van der Waals surface area contributed by atoms with E-state index in [9.17, 15) is 9.59 Å². The summed E-state index contributed by atoms with van der Waals surface area (Å²) in [6.07, 6.45) is 6.00. The molecule has 1 heterocycles. The molecular formula is C25H39N3O2. The van der Waals surface area contributed by atoms with Crippen molar-refractivity contribution in [2.75, 3.05) is 26.2 Å². The molecular weight excluding hydrogens is 374 g/mol. The maximum atomic E-state index is 12.8. The van der Waals surface area contributed by atoms with Crippen LogP contribution in [0.15, 0.2) is 30.3 Å². The van der Waals surface area contributed by atoms with Crippen LogP contribution in [0.3, 0.4) is 0 Å². The molecule has 1 aliphatic heterocycles. The van der Waals surface area contributed by atoms with E-state index in [4.69, 9.17) is 0 Å². The maximum absolute atomic E-state index is 12.8. The predicted molar refractivity (Wildman–Crippen MR) is 121 cm³/mol. The van der Waals surface area contributed by atoms with E-state index in [1.54, 1.807) is 0 Å².